The van der Waals surface area contributed by atoms with E-state index in [1.165, 1.54) is 0 Å². The van der Waals surface area contributed by atoms with Crippen molar-refractivity contribution in [1.29, 1.82) is 0 Å². The number of pyridine rings is 1. The van der Waals surface area contributed by atoms with Gasteiger partial charge in [-0.25, -0.2) is 0 Å². The predicted molar refractivity (Wildman–Crippen MR) is 71.6 cm³/mol. The molecule has 0 saturated heterocycles. The molecule has 0 aliphatic carbocycles. The Bertz CT molecular complexity index is 517. The van der Waals surface area contributed by atoms with Crippen molar-refractivity contribution in [1.82, 2.24) is 4.98 Å². The van der Waals surface area contributed by atoms with Crippen LogP contribution in [0.1, 0.15) is 39.3 Å². The zero-order valence-corrected chi connectivity index (χ0v) is 10.9. The third-order valence-corrected chi connectivity index (χ3v) is 2.68. The lowest BCUT2D eigenvalue weighted by Crippen LogP contribution is -2.09. The Morgan fingerprint density at radius 2 is 1.76 bits per heavy atom. The van der Waals surface area contributed by atoms with Crippen LogP contribution in [0.5, 0.6) is 5.75 Å². The van der Waals surface area contributed by atoms with E-state index >= 15 is 0 Å². The van der Waals surface area contributed by atoms with Gasteiger partial charge < -0.3 is 4.74 Å². The van der Waals surface area contributed by atoms with Crippen molar-refractivity contribution in [2.24, 2.45) is 0 Å². The van der Waals surface area contributed by atoms with Crippen LogP contribution in [0.25, 0.3) is 10.8 Å². The second-order valence-corrected chi connectivity index (χ2v) is 4.88. The maximum absolute atomic E-state index is 5.96. The van der Waals surface area contributed by atoms with Gasteiger partial charge in [-0.1, -0.05) is 38.1 Å². The Labute approximate surface area is 103 Å². The van der Waals surface area contributed by atoms with E-state index < -0.39 is 0 Å². The quantitative estimate of drug-likeness (QED) is 0.789. The van der Waals surface area contributed by atoms with E-state index in [0.29, 0.717) is 5.92 Å². The molecule has 0 atom stereocenters. The molecule has 0 unspecified atom stereocenters. The summed E-state index contributed by atoms with van der Waals surface area (Å²) in [4.78, 5) is 4.53. The molecule has 0 bridgehead atoms. The number of nitrogens with zero attached hydrogens (tertiary/aromatic N) is 1. The van der Waals surface area contributed by atoms with Gasteiger partial charge in [0.15, 0.2) is 0 Å². The zero-order valence-electron chi connectivity index (χ0n) is 10.9. The van der Waals surface area contributed by atoms with Gasteiger partial charge >= 0.3 is 0 Å². The van der Waals surface area contributed by atoms with Crippen molar-refractivity contribution in [2.75, 3.05) is 0 Å². The maximum atomic E-state index is 5.96. The van der Waals surface area contributed by atoms with Gasteiger partial charge in [0.25, 0.3) is 0 Å². The first-order valence-corrected chi connectivity index (χ1v) is 6.14. The fourth-order valence-corrected chi connectivity index (χ4v) is 1.92. The highest BCUT2D eigenvalue weighted by atomic mass is 16.5. The third kappa shape index (κ3) is 2.41. The topological polar surface area (TPSA) is 22.1 Å². The number of ether oxygens (including phenoxy) is 1. The fraction of sp³-hybridized carbons (Fsp3) is 0.400. The van der Waals surface area contributed by atoms with Crippen LogP contribution in [0.4, 0.5) is 0 Å². The molecule has 17 heavy (non-hydrogen) atoms. The van der Waals surface area contributed by atoms with Gasteiger partial charge in [0.2, 0.25) is 0 Å². The molecule has 1 heterocycles. The first kappa shape index (κ1) is 11.9. The molecule has 1 aromatic carbocycles. The minimum absolute atomic E-state index is 0.167. The Morgan fingerprint density at radius 3 is 2.41 bits per heavy atom. The molecule has 0 radical (unpaired) electrons. The highest BCUT2D eigenvalue weighted by Gasteiger charge is 2.14. The second kappa shape index (κ2) is 4.74. The van der Waals surface area contributed by atoms with Crippen molar-refractivity contribution in [3.05, 3.63) is 36.2 Å². The highest BCUT2D eigenvalue weighted by molar-refractivity contribution is 5.88. The molecule has 0 aliphatic heterocycles. The lowest BCUT2D eigenvalue weighted by atomic mass is 10.0. The van der Waals surface area contributed by atoms with Gasteiger partial charge in [-0.3, -0.25) is 4.98 Å². The summed E-state index contributed by atoms with van der Waals surface area (Å²) in [6.45, 7) is 8.38. The summed E-state index contributed by atoms with van der Waals surface area (Å²) in [6.07, 6.45) is 2.10. The lowest BCUT2D eigenvalue weighted by molar-refractivity contribution is 0.241. The molecule has 0 fully saturated rings. The number of rotatable bonds is 3. The molecule has 2 nitrogen and oxygen atoms in total. The van der Waals surface area contributed by atoms with E-state index in [1.807, 2.05) is 32.2 Å². The number of hydrogen-bond donors (Lipinski definition) is 0. The van der Waals surface area contributed by atoms with Crippen LogP contribution in [0.15, 0.2) is 30.5 Å². The number of fused-ring (bicyclic) bond motifs is 1. The first-order chi connectivity index (χ1) is 8.09. The summed E-state index contributed by atoms with van der Waals surface area (Å²) in [5.74, 6) is 1.31. The minimum Gasteiger partial charge on any atom is -0.488 e. The second-order valence-electron chi connectivity index (χ2n) is 4.88. The molecular weight excluding hydrogens is 210 g/mol. The lowest BCUT2D eigenvalue weighted by Gasteiger charge is -2.17. The van der Waals surface area contributed by atoms with Crippen LogP contribution in [0, 0.1) is 0 Å². The van der Waals surface area contributed by atoms with E-state index in [0.717, 1.165) is 22.2 Å². The van der Waals surface area contributed by atoms with E-state index in [-0.39, 0.29) is 6.10 Å². The molecule has 2 aromatic rings. The van der Waals surface area contributed by atoms with Gasteiger partial charge in [0, 0.05) is 17.0 Å². The van der Waals surface area contributed by atoms with Crippen molar-refractivity contribution in [3.8, 4) is 5.75 Å². The smallest absolute Gasteiger partial charge is 0.149 e. The third-order valence-electron chi connectivity index (χ3n) is 2.68. The van der Waals surface area contributed by atoms with Crippen LogP contribution in [-0.4, -0.2) is 11.1 Å². The summed E-state index contributed by atoms with van der Waals surface area (Å²) in [7, 11) is 0. The van der Waals surface area contributed by atoms with Gasteiger partial charge in [-0.15, -0.1) is 0 Å². The van der Waals surface area contributed by atoms with Gasteiger partial charge in [-0.2, -0.15) is 0 Å². The predicted octanol–water partition coefficient (Wildman–Crippen LogP) is 4.15. The van der Waals surface area contributed by atoms with E-state index in [1.54, 1.807) is 0 Å². The molecule has 0 saturated carbocycles. The molecule has 0 amide bonds. The first-order valence-electron chi connectivity index (χ1n) is 6.14. The van der Waals surface area contributed by atoms with E-state index in [4.69, 9.17) is 4.74 Å². The van der Waals surface area contributed by atoms with Crippen molar-refractivity contribution in [2.45, 2.75) is 39.7 Å². The average molecular weight is 229 g/mol. The summed E-state index contributed by atoms with van der Waals surface area (Å²) < 4.78 is 5.96. The molecule has 0 N–H and O–H groups in total. The Kier molecular flexibility index (Phi) is 3.32. The number of hydrogen-bond acceptors (Lipinski definition) is 2. The normalized spacial score (nSPS) is 11.4. The molecule has 1 aromatic heterocycles. The van der Waals surface area contributed by atoms with Crippen molar-refractivity contribution < 1.29 is 4.74 Å². The van der Waals surface area contributed by atoms with Crippen LogP contribution < -0.4 is 4.74 Å². The van der Waals surface area contributed by atoms with Crippen molar-refractivity contribution in [3.63, 3.8) is 0 Å². The molecule has 2 rings (SSSR count). The van der Waals surface area contributed by atoms with Crippen molar-refractivity contribution >= 4 is 10.8 Å². The Morgan fingerprint density at radius 1 is 1.06 bits per heavy atom. The average Bonchev–Trinajstić information content (AvgIpc) is 2.28. The maximum Gasteiger partial charge on any atom is 0.149 e. The molecule has 90 valence electrons. The van der Waals surface area contributed by atoms with Gasteiger partial charge in [0.1, 0.15) is 5.75 Å². The zero-order chi connectivity index (χ0) is 12.4. The molecule has 0 aliphatic rings. The SMILES string of the molecule is CC(C)Oc1c(C(C)C)ncc2ccccc12. The largest absolute Gasteiger partial charge is 0.488 e. The highest BCUT2D eigenvalue weighted by Crippen LogP contribution is 2.32. The number of benzene rings is 1. The van der Waals surface area contributed by atoms with Gasteiger partial charge in [0.05, 0.1) is 11.8 Å². The van der Waals surface area contributed by atoms with Crippen LogP contribution in [0.3, 0.4) is 0 Å². The Hall–Kier alpha value is -1.57. The molecule has 0 spiro atoms. The summed E-state index contributed by atoms with van der Waals surface area (Å²) in [5.41, 5.74) is 1.04. The standard InChI is InChI=1S/C15H19NO/c1-10(2)14-15(17-11(3)4)13-8-6-5-7-12(13)9-16-14/h5-11H,1-4H3. The monoisotopic (exact) mass is 229 g/mol. The van der Waals surface area contributed by atoms with E-state index in [9.17, 15) is 0 Å². The van der Waals surface area contributed by atoms with Crippen LogP contribution in [0.2, 0.25) is 0 Å². The number of aromatic nitrogens is 1. The minimum atomic E-state index is 0.167. The molecular formula is C15H19NO. The molecule has 2 heteroatoms. The van der Waals surface area contributed by atoms with Gasteiger partial charge in [-0.05, 0) is 19.8 Å². The van der Waals surface area contributed by atoms with E-state index in [2.05, 4.69) is 31.0 Å². The summed E-state index contributed by atoms with van der Waals surface area (Å²) in [5, 5.41) is 2.28. The van der Waals surface area contributed by atoms with Crippen LogP contribution >= 0.6 is 0 Å². The summed E-state index contributed by atoms with van der Waals surface area (Å²) in [6, 6.07) is 8.23. The fourth-order valence-electron chi connectivity index (χ4n) is 1.92. The summed E-state index contributed by atoms with van der Waals surface area (Å²) >= 11 is 0. The Balaban J connectivity index is 2.66. The van der Waals surface area contributed by atoms with Crippen LogP contribution in [-0.2, 0) is 0 Å².